The average molecular weight is 329 g/mol. The molecule has 20 heavy (non-hydrogen) atoms. The van der Waals surface area contributed by atoms with Crippen LogP contribution in [-0.4, -0.2) is 14.7 Å². The van der Waals surface area contributed by atoms with Crippen molar-refractivity contribution in [2.45, 2.75) is 9.79 Å². The standard InChI is InChI=1S/C13H13ClN2O2S2/c1-19-10-4-2-9(3-5-10)16-20(17,18)11-6-7-13(15)12(14)8-11/h2-8,16H,15H2,1H3. The van der Waals surface area contributed by atoms with Gasteiger partial charge in [0.2, 0.25) is 0 Å². The van der Waals surface area contributed by atoms with E-state index in [1.54, 1.807) is 23.9 Å². The number of hydrogen-bond acceptors (Lipinski definition) is 4. The van der Waals surface area contributed by atoms with Crippen LogP contribution in [0.1, 0.15) is 0 Å². The molecule has 0 atom stereocenters. The minimum Gasteiger partial charge on any atom is -0.398 e. The fourth-order valence-electron chi connectivity index (χ4n) is 1.55. The minimum absolute atomic E-state index is 0.0747. The Kier molecular flexibility index (Phi) is 4.47. The maximum absolute atomic E-state index is 12.2. The van der Waals surface area contributed by atoms with Gasteiger partial charge >= 0.3 is 0 Å². The topological polar surface area (TPSA) is 72.2 Å². The van der Waals surface area contributed by atoms with E-state index in [4.69, 9.17) is 17.3 Å². The van der Waals surface area contributed by atoms with Gasteiger partial charge < -0.3 is 5.73 Å². The Labute approximate surface area is 127 Å². The molecule has 0 saturated heterocycles. The Morgan fingerprint density at radius 2 is 1.80 bits per heavy atom. The van der Waals surface area contributed by atoms with Crippen LogP contribution in [0.3, 0.4) is 0 Å². The van der Waals surface area contributed by atoms with E-state index in [1.165, 1.54) is 18.2 Å². The zero-order chi connectivity index (χ0) is 14.8. The summed E-state index contributed by atoms with van der Waals surface area (Å²) in [5.74, 6) is 0. The van der Waals surface area contributed by atoms with Crippen LogP contribution in [-0.2, 0) is 10.0 Å². The molecule has 7 heteroatoms. The molecule has 0 fully saturated rings. The Morgan fingerprint density at radius 3 is 2.35 bits per heavy atom. The summed E-state index contributed by atoms with van der Waals surface area (Å²) >= 11 is 7.43. The zero-order valence-corrected chi connectivity index (χ0v) is 13.0. The van der Waals surface area contributed by atoms with E-state index in [-0.39, 0.29) is 9.92 Å². The molecule has 2 rings (SSSR count). The van der Waals surface area contributed by atoms with Crippen molar-refractivity contribution in [3.05, 3.63) is 47.5 Å². The molecule has 0 aliphatic heterocycles. The first-order valence-electron chi connectivity index (χ1n) is 5.64. The first-order chi connectivity index (χ1) is 9.42. The van der Waals surface area contributed by atoms with Crippen LogP contribution in [0, 0.1) is 0 Å². The number of thioether (sulfide) groups is 1. The second-order valence-electron chi connectivity index (χ2n) is 4.02. The third-order valence-electron chi connectivity index (χ3n) is 2.62. The number of nitrogen functional groups attached to an aromatic ring is 1. The van der Waals surface area contributed by atoms with E-state index < -0.39 is 10.0 Å². The number of benzene rings is 2. The summed E-state index contributed by atoms with van der Waals surface area (Å²) in [6, 6.07) is 11.3. The van der Waals surface area contributed by atoms with E-state index in [1.807, 2.05) is 18.4 Å². The summed E-state index contributed by atoms with van der Waals surface area (Å²) in [6.07, 6.45) is 1.95. The number of halogens is 1. The van der Waals surface area contributed by atoms with Crippen molar-refractivity contribution in [1.29, 1.82) is 0 Å². The van der Waals surface area contributed by atoms with Crippen molar-refractivity contribution >= 4 is 44.8 Å². The van der Waals surface area contributed by atoms with Crippen LogP contribution in [0.2, 0.25) is 5.02 Å². The molecule has 2 aromatic rings. The molecular formula is C13H13ClN2O2S2. The highest BCUT2D eigenvalue weighted by Crippen LogP contribution is 2.25. The monoisotopic (exact) mass is 328 g/mol. The number of rotatable bonds is 4. The summed E-state index contributed by atoms with van der Waals surface area (Å²) < 4.78 is 26.9. The Balaban J connectivity index is 2.27. The van der Waals surface area contributed by atoms with E-state index in [0.29, 0.717) is 11.4 Å². The Morgan fingerprint density at radius 1 is 1.15 bits per heavy atom. The average Bonchev–Trinajstić information content (AvgIpc) is 2.42. The van der Waals surface area contributed by atoms with Crippen molar-refractivity contribution in [3.8, 4) is 0 Å². The highest BCUT2D eigenvalue weighted by atomic mass is 35.5. The molecule has 0 saturated carbocycles. The molecule has 0 spiro atoms. The maximum atomic E-state index is 12.2. The van der Waals surface area contributed by atoms with Gasteiger partial charge in [-0.1, -0.05) is 11.6 Å². The molecule has 4 nitrogen and oxygen atoms in total. The van der Waals surface area contributed by atoms with Gasteiger partial charge in [-0.25, -0.2) is 8.42 Å². The second-order valence-corrected chi connectivity index (χ2v) is 6.99. The summed E-state index contributed by atoms with van der Waals surface area (Å²) in [5, 5.41) is 0.214. The van der Waals surface area contributed by atoms with Gasteiger partial charge in [0.05, 0.1) is 15.6 Å². The number of nitrogens with two attached hydrogens (primary N) is 1. The van der Waals surface area contributed by atoms with Crippen LogP contribution >= 0.6 is 23.4 Å². The lowest BCUT2D eigenvalue weighted by Gasteiger charge is -2.09. The molecule has 106 valence electrons. The van der Waals surface area contributed by atoms with Crippen LogP contribution < -0.4 is 10.5 Å². The minimum atomic E-state index is -3.67. The van der Waals surface area contributed by atoms with Gasteiger partial charge in [0.15, 0.2) is 0 Å². The lowest BCUT2D eigenvalue weighted by Crippen LogP contribution is -2.13. The van der Waals surface area contributed by atoms with Gasteiger partial charge in [-0.15, -0.1) is 11.8 Å². The molecule has 0 heterocycles. The van der Waals surface area contributed by atoms with Gasteiger partial charge in [-0.2, -0.15) is 0 Å². The number of anilines is 2. The predicted molar refractivity (Wildman–Crippen MR) is 84.9 cm³/mol. The third kappa shape index (κ3) is 3.39. The largest absolute Gasteiger partial charge is 0.398 e. The molecular weight excluding hydrogens is 316 g/mol. The smallest absolute Gasteiger partial charge is 0.261 e. The second kappa shape index (κ2) is 5.95. The van der Waals surface area contributed by atoms with Crippen LogP contribution in [0.15, 0.2) is 52.3 Å². The van der Waals surface area contributed by atoms with Crippen molar-refractivity contribution in [3.63, 3.8) is 0 Å². The highest BCUT2D eigenvalue weighted by Gasteiger charge is 2.15. The van der Waals surface area contributed by atoms with E-state index >= 15 is 0 Å². The molecule has 0 amide bonds. The molecule has 0 aliphatic carbocycles. The molecule has 0 bridgehead atoms. The molecule has 0 unspecified atom stereocenters. The van der Waals surface area contributed by atoms with Crippen molar-refractivity contribution in [2.75, 3.05) is 16.7 Å². The van der Waals surface area contributed by atoms with Gasteiger partial charge in [0.25, 0.3) is 10.0 Å². The lowest BCUT2D eigenvalue weighted by atomic mass is 10.3. The van der Waals surface area contributed by atoms with Gasteiger partial charge in [-0.3, -0.25) is 4.72 Å². The third-order valence-corrected chi connectivity index (χ3v) is 5.07. The Bertz CT molecular complexity index is 716. The van der Waals surface area contributed by atoms with E-state index in [2.05, 4.69) is 4.72 Å². The molecule has 0 aromatic heterocycles. The Hall–Kier alpha value is -1.37. The highest BCUT2D eigenvalue weighted by molar-refractivity contribution is 7.98. The van der Waals surface area contributed by atoms with Crippen molar-refractivity contribution in [1.82, 2.24) is 0 Å². The predicted octanol–water partition coefficient (Wildman–Crippen LogP) is 3.44. The SMILES string of the molecule is CSc1ccc(NS(=O)(=O)c2ccc(N)c(Cl)c2)cc1. The van der Waals surface area contributed by atoms with Gasteiger partial charge in [-0.05, 0) is 48.7 Å². The molecule has 2 aromatic carbocycles. The summed E-state index contributed by atoms with van der Waals surface area (Å²) in [5.41, 5.74) is 6.41. The number of hydrogen-bond donors (Lipinski definition) is 2. The summed E-state index contributed by atoms with van der Waals surface area (Å²) in [4.78, 5) is 1.13. The van der Waals surface area contributed by atoms with Crippen LogP contribution in [0.5, 0.6) is 0 Å². The first-order valence-corrected chi connectivity index (χ1v) is 8.73. The van der Waals surface area contributed by atoms with Crippen LogP contribution in [0.25, 0.3) is 0 Å². The summed E-state index contributed by atoms with van der Waals surface area (Å²) in [7, 11) is -3.67. The van der Waals surface area contributed by atoms with Crippen molar-refractivity contribution in [2.24, 2.45) is 0 Å². The number of sulfonamides is 1. The molecule has 0 aliphatic rings. The summed E-state index contributed by atoms with van der Waals surface area (Å²) in [6.45, 7) is 0. The lowest BCUT2D eigenvalue weighted by molar-refractivity contribution is 0.601. The van der Waals surface area contributed by atoms with E-state index in [0.717, 1.165) is 4.90 Å². The van der Waals surface area contributed by atoms with E-state index in [9.17, 15) is 8.42 Å². The normalized spacial score (nSPS) is 11.3. The van der Waals surface area contributed by atoms with Crippen molar-refractivity contribution < 1.29 is 8.42 Å². The van der Waals surface area contributed by atoms with Gasteiger partial charge in [0.1, 0.15) is 0 Å². The molecule has 0 radical (unpaired) electrons. The number of nitrogens with one attached hydrogen (secondary N) is 1. The van der Waals surface area contributed by atoms with Gasteiger partial charge in [0, 0.05) is 10.6 Å². The fraction of sp³-hybridized carbons (Fsp3) is 0.0769. The van der Waals surface area contributed by atoms with Crippen LogP contribution in [0.4, 0.5) is 11.4 Å². The fourth-order valence-corrected chi connectivity index (χ4v) is 3.29. The molecule has 3 N–H and O–H groups in total. The zero-order valence-electron chi connectivity index (χ0n) is 10.6. The first kappa shape index (κ1) is 15.0. The maximum Gasteiger partial charge on any atom is 0.261 e. The quantitative estimate of drug-likeness (QED) is 0.666.